The number of ether oxygens (including phenoxy) is 1. The van der Waals surface area contributed by atoms with Crippen LogP contribution in [0.3, 0.4) is 0 Å². The minimum atomic E-state index is -0.403. The molecule has 0 radical (unpaired) electrons. The first-order chi connectivity index (χ1) is 12.2. The summed E-state index contributed by atoms with van der Waals surface area (Å²) in [5.74, 6) is 1.25. The van der Waals surface area contributed by atoms with E-state index in [1.165, 1.54) is 0 Å². The average Bonchev–Trinajstić information content (AvgIpc) is 3.08. The molecule has 2 aliphatic heterocycles. The Labute approximate surface area is 146 Å². The number of hydrogen-bond acceptors (Lipinski definition) is 6. The fourth-order valence-electron chi connectivity index (χ4n) is 3.61. The third-order valence-corrected chi connectivity index (χ3v) is 5.00. The molecule has 0 aromatic carbocycles. The van der Waals surface area contributed by atoms with E-state index in [9.17, 15) is 4.79 Å². The first-order valence-corrected chi connectivity index (χ1v) is 8.59. The zero-order chi connectivity index (χ0) is 17.2. The quantitative estimate of drug-likeness (QED) is 0.918. The number of rotatable bonds is 3. The summed E-state index contributed by atoms with van der Waals surface area (Å²) >= 11 is 0. The highest BCUT2D eigenvalue weighted by molar-refractivity contribution is 5.94. The molecule has 25 heavy (non-hydrogen) atoms. The standard InChI is InChI=1S/C18H21N5O2/c1-12-14(3-2-6-20-12)22-18(24)15-9-13-5-8-23(10-16(13)25-15)17-4-7-19-11-21-17/h2-4,6-7,11,13,15-16H,5,8-10H2,1H3,(H,22,24)/t13-,15+,16-/m0/s1. The minimum absolute atomic E-state index is 0.0643. The highest BCUT2D eigenvalue weighted by Crippen LogP contribution is 2.34. The lowest BCUT2D eigenvalue weighted by molar-refractivity contribution is -0.126. The maximum atomic E-state index is 12.6. The number of carbonyl (C=O) groups excluding carboxylic acids is 1. The number of nitrogens with zero attached hydrogens (tertiary/aromatic N) is 4. The molecule has 1 N–H and O–H groups in total. The lowest BCUT2D eigenvalue weighted by Crippen LogP contribution is -2.42. The van der Waals surface area contributed by atoms with Crippen molar-refractivity contribution >= 4 is 17.4 Å². The van der Waals surface area contributed by atoms with Crippen LogP contribution in [0.1, 0.15) is 18.5 Å². The fourth-order valence-corrected chi connectivity index (χ4v) is 3.61. The molecule has 7 heteroatoms. The number of aryl methyl sites for hydroxylation is 1. The summed E-state index contributed by atoms with van der Waals surface area (Å²) in [6.45, 7) is 3.57. The summed E-state index contributed by atoms with van der Waals surface area (Å²) in [5.41, 5.74) is 1.55. The molecule has 4 rings (SSSR count). The predicted molar refractivity (Wildman–Crippen MR) is 93.2 cm³/mol. The van der Waals surface area contributed by atoms with Crippen LogP contribution in [0.5, 0.6) is 0 Å². The van der Waals surface area contributed by atoms with E-state index in [1.54, 1.807) is 18.7 Å². The third-order valence-electron chi connectivity index (χ3n) is 5.00. The second-order valence-corrected chi connectivity index (χ2v) is 6.59. The fraction of sp³-hybridized carbons (Fsp3) is 0.444. The van der Waals surface area contributed by atoms with E-state index in [4.69, 9.17) is 4.74 Å². The summed E-state index contributed by atoms with van der Waals surface area (Å²) in [6.07, 6.45) is 6.46. The summed E-state index contributed by atoms with van der Waals surface area (Å²) < 4.78 is 6.07. The van der Waals surface area contributed by atoms with E-state index in [0.717, 1.165) is 43.1 Å². The zero-order valence-corrected chi connectivity index (χ0v) is 14.1. The predicted octanol–water partition coefficient (Wildman–Crippen LogP) is 1.80. The average molecular weight is 339 g/mol. The van der Waals surface area contributed by atoms with Crippen molar-refractivity contribution in [1.82, 2.24) is 15.0 Å². The normalized spacial score (nSPS) is 25.5. The Hall–Kier alpha value is -2.54. The Morgan fingerprint density at radius 3 is 3.04 bits per heavy atom. The first kappa shape index (κ1) is 16.0. The summed E-state index contributed by atoms with van der Waals surface area (Å²) in [7, 11) is 0. The van der Waals surface area contributed by atoms with Crippen LogP contribution in [0.2, 0.25) is 0 Å². The number of hydrogen-bond donors (Lipinski definition) is 1. The van der Waals surface area contributed by atoms with Gasteiger partial charge in [0.1, 0.15) is 18.2 Å². The molecule has 3 atom stereocenters. The van der Waals surface area contributed by atoms with Crippen LogP contribution in [-0.4, -0.2) is 46.2 Å². The van der Waals surface area contributed by atoms with Gasteiger partial charge in [0, 0.05) is 25.5 Å². The second kappa shape index (κ2) is 6.76. The van der Waals surface area contributed by atoms with Gasteiger partial charge in [0.05, 0.1) is 17.5 Å². The molecule has 2 saturated heterocycles. The molecule has 0 aliphatic carbocycles. The molecule has 0 spiro atoms. The number of amides is 1. The summed E-state index contributed by atoms with van der Waals surface area (Å²) in [5, 5.41) is 2.94. The van der Waals surface area contributed by atoms with Gasteiger partial charge >= 0.3 is 0 Å². The molecule has 2 aromatic heterocycles. The largest absolute Gasteiger partial charge is 0.363 e. The Morgan fingerprint density at radius 1 is 1.32 bits per heavy atom. The van der Waals surface area contributed by atoms with Crippen molar-refractivity contribution in [2.24, 2.45) is 5.92 Å². The van der Waals surface area contributed by atoms with E-state index in [0.29, 0.717) is 5.92 Å². The highest BCUT2D eigenvalue weighted by atomic mass is 16.5. The SMILES string of the molecule is Cc1ncccc1NC(=O)[C@H]1C[C@@H]2CCN(c3ccncn3)C[C@@H]2O1. The number of fused-ring (bicyclic) bond motifs is 1. The molecule has 0 saturated carbocycles. The summed E-state index contributed by atoms with van der Waals surface area (Å²) in [6, 6.07) is 5.58. The van der Waals surface area contributed by atoms with E-state index in [2.05, 4.69) is 25.2 Å². The van der Waals surface area contributed by atoms with Gasteiger partial charge in [0.25, 0.3) is 5.91 Å². The van der Waals surface area contributed by atoms with Gasteiger partial charge in [-0.25, -0.2) is 9.97 Å². The van der Waals surface area contributed by atoms with Crippen molar-refractivity contribution in [3.8, 4) is 0 Å². The number of carbonyl (C=O) groups is 1. The van der Waals surface area contributed by atoms with Crippen LogP contribution in [0.4, 0.5) is 11.5 Å². The van der Waals surface area contributed by atoms with E-state index < -0.39 is 6.10 Å². The van der Waals surface area contributed by atoms with E-state index in [-0.39, 0.29) is 12.0 Å². The van der Waals surface area contributed by atoms with Crippen molar-refractivity contribution < 1.29 is 9.53 Å². The number of piperidine rings is 1. The zero-order valence-electron chi connectivity index (χ0n) is 14.1. The van der Waals surface area contributed by atoms with Gasteiger partial charge in [-0.15, -0.1) is 0 Å². The van der Waals surface area contributed by atoms with Crippen LogP contribution in [0.25, 0.3) is 0 Å². The number of aromatic nitrogens is 3. The maximum absolute atomic E-state index is 12.6. The molecule has 2 aromatic rings. The number of anilines is 2. The number of pyridine rings is 1. The van der Waals surface area contributed by atoms with Gasteiger partial charge in [-0.3, -0.25) is 9.78 Å². The first-order valence-electron chi connectivity index (χ1n) is 8.59. The van der Waals surface area contributed by atoms with Crippen LogP contribution in [0.15, 0.2) is 36.9 Å². The van der Waals surface area contributed by atoms with Crippen molar-refractivity contribution in [2.75, 3.05) is 23.3 Å². The molecule has 7 nitrogen and oxygen atoms in total. The molecule has 2 fully saturated rings. The maximum Gasteiger partial charge on any atom is 0.253 e. The molecule has 2 aliphatic rings. The van der Waals surface area contributed by atoms with Crippen LogP contribution in [0, 0.1) is 12.8 Å². The lowest BCUT2D eigenvalue weighted by Gasteiger charge is -2.34. The topological polar surface area (TPSA) is 80.2 Å². The smallest absolute Gasteiger partial charge is 0.253 e. The molecule has 1 amide bonds. The van der Waals surface area contributed by atoms with Crippen molar-refractivity contribution in [2.45, 2.75) is 32.0 Å². The minimum Gasteiger partial charge on any atom is -0.363 e. The Bertz CT molecular complexity index is 754. The molecular formula is C18H21N5O2. The summed E-state index contributed by atoms with van der Waals surface area (Å²) in [4.78, 5) is 27.2. The van der Waals surface area contributed by atoms with E-state index in [1.807, 2.05) is 25.1 Å². The van der Waals surface area contributed by atoms with Gasteiger partial charge in [-0.05, 0) is 43.9 Å². The van der Waals surface area contributed by atoms with Crippen LogP contribution < -0.4 is 10.2 Å². The van der Waals surface area contributed by atoms with E-state index >= 15 is 0 Å². The van der Waals surface area contributed by atoms with Gasteiger partial charge < -0.3 is 15.0 Å². The molecular weight excluding hydrogens is 318 g/mol. The van der Waals surface area contributed by atoms with Gasteiger partial charge in [0.15, 0.2) is 0 Å². The van der Waals surface area contributed by atoms with Crippen molar-refractivity contribution in [3.63, 3.8) is 0 Å². The molecule has 4 heterocycles. The second-order valence-electron chi connectivity index (χ2n) is 6.59. The highest BCUT2D eigenvalue weighted by Gasteiger charge is 2.42. The van der Waals surface area contributed by atoms with Crippen molar-refractivity contribution in [1.29, 1.82) is 0 Å². The van der Waals surface area contributed by atoms with Crippen LogP contribution >= 0.6 is 0 Å². The lowest BCUT2D eigenvalue weighted by atomic mass is 9.91. The molecule has 130 valence electrons. The van der Waals surface area contributed by atoms with Gasteiger partial charge in [0.2, 0.25) is 0 Å². The molecule has 0 bridgehead atoms. The van der Waals surface area contributed by atoms with Crippen LogP contribution in [-0.2, 0) is 9.53 Å². The Kier molecular flexibility index (Phi) is 4.31. The van der Waals surface area contributed by atoms with Gasteiger partial charge in [-0.1, -0.05) is 0 Å². The third kappa shape index (κ3) is 3.32. The van der Waals surface area contributed by atoms with Crippen molar-refractivity contribution in [3.05, 3.63) is 42.6 Å². The monoisotopic (exact) mass is 339 g/mol. The number of nitrogens with one attached hydrogen (secondary N) is 1. The Balaban J connectivity index is 1.39. The Morgan fingerprint density at radius 2 is 2.24 bits per heavy atom. The molecule has 0 unspecified atom stereocenters. The van der Waals surface area contributed by atoms with Gasteiger partial charge in [-0.2, -0.15) is 0 Å².